The van der Waals surface area contributed by atoms with Crippen molar-refractivity contribution in [1.82, 2.24) is 5.32 Å². The van der Waals surface area contributed by atoms with Crippen LogP contribution in [0.2, 0.25) is 0 Å². The molecule has 2 aliphatic rings. The molecular formula is C19H23NO3. The number of allylic oxidation sites excluding steroid dienone is 2. The number of carbonyl (C=O) groups is 2. The molecule has 1 aliphatic carbocycles. The molecule has 4 nitrogen and oxygen atoms in total. The van der Waals surface area contributed by atoms with Crippen LogP contribution >= 0.6 is 0 Å². The highest BCUT2D eigenvalue weighted by Gasteiger charge is 2.34. The first-order valence-electron chi connectivity index (χ1n) is 8.41. The number of carbonyl (C=O) groups excluding carboxylic acids is 2. The fourth-order valence-electron chi connectivity index (χ4n) is 3.28. The Bertz CT molecular complexity index is 645. The van der Waals surface area contributed by atoms with Crippen LogP contribution in [0.5, 0.6) is 5.75 Å². The molecule has 0 fully saturated rings. The van der Waals surface area contributed by atoms with Crippen molar-refractivity contribution in [2.75, 3.05) is 0 Å². The molecule has 1 aliphatic heterocycles. The summed E-state index contributed by atoms with van der Waals surface area (Å²) in [7, 11) is 0. The van der Waals surface area contributed by atoms with E-state index in [0.29, 0.717) is 12.8 Å². The number of amides is 1. The molecule has 122 valence electrons. The van der Waals surface area contributed by atoms with E-state index in [0.717, 1.165) is 41.8 Å². The van der Waals surface area contributed by atoms with Crippen LogP contribution in [-0.4, -0.2) is 17.8 Å². The standard InChI is InChI=1S/C19H23NO3/c1-3-12(2)23-14-9-7-13(8-10-14)15-11-18(22)20-16-5-4-6-17(21)19(15)16/h7-10,12,15H,3-6,11H2,1-2H3,(H,20,22)/t12-,15-/m1/s1. The van der Waals surface area contributed by atoms with Crippen molar-refractivity contribution >= 4 is 11.7 Å². The molecule has 1 amide bonds. The van der Waals surface area contributed by atoms with E-state index in [1.54, 1.807) is 0 Å². The van der Waals surface area contributed by atoms with Crippen molar-refractivity contribution in [3.8, 4) is 5.75 Å². The molecule has 1 heterocycles. The molecule has 23 heavy (non-hydrogen) atoms. The Hall–Kier alpha value is -2.10. The molecule has 1 aromatic rings. The van der Waals surface area contributed by atoms with Crippen molar-refractivity contribution in [2.45, 2.75) is 58.0 Å². The lowest BCUT2D eigenvalue weighted by atomic mass is 9.78. The van der Waals surface area contributed by atoms with Gasteiger partial charge in [0.2, 0.25) is 5.91 Å². The third-order valence-electron chi connectivity index (χ3n) is 4.68. The van der Waals surface area contributed by atoms with Crippen molar-refractivity contribution in [1.29, 1.82) is 0 Å². The molecule has 0 saturated heterocycles. The average Bonchev–Trinajstić information content (AvgIpc) is 2.54. The first-order chi connectivity index (χ1) is 11.1. The van der Waals surface area contributed by atoms with E-state index < -0.39 is 0 Å². The van der Waals surface area contributed by atoms with Gasteiger partial charge in [-0.2, -0.15) is 0 Å². The lowest BCUT2D eigenvalue weighted by molar-refractivity contribution is -0.122. The predicted octanol–water partition coefficient (Wildman–Crippen LogP) is 3.47. The zero-order valence-electron chi connectivity index (χ0n) is 13.7. The Morgan fingerprint density at radius 3 is 2.65 bits per heavy atom. The molecule has 0 bridgehead atoms. The van der Waals surface area contributed by atoms with Gasteiger partial charge in [-0.25, -0.2) is 0 Å². The molecule has 1 N–H and O–H groups in total. The lowest BCUT2D eigenvalue weighted by Crippen LogP contribution is -2.36. The highest BCUT2D eigenvalue weighted by molar-refractivity contribution is 6.01. The maximum Gasteiger partial charge on any atom is 0.225 e. The number of hydrogen-bond donors (Lipinski definition) is 1. The van der Waals surface area contributed by atoms with Gasteiger partial charge in [0.05, 0.1) is 6.10 Å². The summed E-state index contributed by atoms with van der Waals surface area (Å²) in [6.07, 6.45) is 3.67. The van der Waals surface area contributed by atoms with E-state index >= 15 is 0 Å². The van der Waals surface area contributed by atoms with E-state index in [4.69, 9.17) is 4.74 Å². The summed E-state index contributed by atoms with van der Waals surface area (Å²) in [6.45, 7) is 4.12. The minimum atomic E-state index is -0.121. The molecule has 1 aromatic carbocycles. The minimum absolute atomic E-state index is 0.00313. The monoisotopic (exact) mass is 313 g/mol. The van der Waals surface area contributed by atoms with Gasteiger partial charge in [0.15, 0.2) is 5.78 Å². The fraction of sp³-hybridized carbons (Fsp3) is 0.474. The SMILES string of the molecule is CC[C@@H](C)Oc1ccc([C@H]2CC(=O)NC3=C2C(=O)CCC3)cc1. The minimum Gasteiger partial charge on any atom is -0.491 e. The quantitative estimate of drug-likeness (QED) is 0.926. The molecular weight excluding hydrogens is 290 g/mol. The van der Waals surface area contributed by atoms with Gasteiger partial charge in [-0.05, 0) is 43.9 Å². The van der Waals surface area contributed by atoms with Crippen LogP contribution in [-0.2, 0) is 9.59 Å². The molecule has 0 saturated carbocycles. The summed E-state index contributed by atoms with van der Waals surface area (Å²) in [6, 6.07) is 7.82. The number of Topliss-reactive ketones (excluding diaryl/α,β-unsaturated/α-hetero) is 1. The second kappa shape index (κ2) is 6.57. The average molecular weight is 313 g/mol. The van der Waals surface area contributed by atoms with E-state index in [9.17, 15) is 9.59 Å². The van der Waals surface area contributed by atoms with E-state index in [1.165, 1.54) is 0 Å². The third-order valence-corrected chi connectivity index (χ3v) is 4.68. The van der Waals surface area contributed by atoms with Crippen molar-refractivity contribution < 1.29 is 14.3 Å². The van der Waals surface area contributed by atoms with Crippen LogP contribution in [0.25, 0.3) is 0 Å². The molecule has 4 heteroatoms. The molecule has 0 aromatic heterocycles. The second-order valence-electron chi connectivity index (χ2n) is 6.38. The summed E-state index contributed by atoms with van der Waals surface area (Å²) >= 11 is 0. The Labute approximate surface area is 136 Å². The van der Waals surface area contributed by atoms with Crippen LogP contribution in [0.15, 0.2) is 35.5 Å². The number of ketones is 1. The van der Waals surface area contributed by atoms with E-state index in [-0.39, 0.29) is 23.7 Å². The van der Waals surface area contributed by atoms with Gasteiger partial charge in [0.25, 0.3) is 0 Å². The van der Waals surface area contributed by atoms with Gasteiger partial charge < -0.3 is 10.1 Å². The Morgan fingerprint density at radius 2 is 1.96 bits per heavy atom. The van der Waals surface area contributed by atoms with Crippen LogP contribution < -0.4 is 10.1 Å². The van der Waals surface area contributed by atoms with Crippen molar-refractivity contribution in [3.05, 3.63) is 41.1 Å². The summed E-state index contributed by atoms with van der Waals surface area (Å²) in [5.74, 6) is 0.885. The Morgan fingerprint density at radius 1 is 1.22 bits per heavy atom. The summed E-state index contributed by atoms with van der Waals surface area (Å²) < 4.78 is 5.80. The first kappa shape index (κ1) is 15.8. The van der Waals surface area contributed by atoms with Crippen LogP contribution in [0.3, 0.4) is 0 Å². The number of nitrogens with one attached hydrogen (secondary N) is 1. The predicted molar refractivity (Wildman–Crippen MR) is 88.2 cm³/mol. The smallest absolute Gasteiger partial charge is 0.225 e. The summed E-state index contributed by atoms with van der Waals surface area (Å²) in [5, 5.41) is 2.89. The topological polar surface area (TPSA) is 55.4 Å². The molecule has 0 unspecified atom stereocenters. The highest BCUT2D eigenvalue weighted by Crippen LogP contribution is 2.38. The van der Waals surface area contributed by atoms with Gasteiger partial charge in [0, 0.05) is 30.0 Å². The zero-order valence-corrected chi connectivity index (χ0v) is 13.7. The highest BCUT2D eigenvalue weighted by atomic mass is 16.5. The lowest BCUT2D eigenvalue weighted by Gasteiger charge is -2.31. The van der Waals surface area contributed by atoms with Gasteiger partial charge in [-0.1, -0.05) is 19.1 Å². The van der Waals surface area contributed by atoms with Crippen LogP contribution in [0, 0.1) is 0 Å². The summed E-state index contributed by atoms with van der Waals surface area (Å²) in [4.78, 5) is 24.3. The molecule has 3 rings (SSSR count). The molecule has 2 atom stereocenters. The Balaban J connectivity index is 1.87. The number of ether oxygens (including phenoxy) is 1. The molecule has 0 spiro atoms. The van der Waals surface area contributed by atoms with Gasteiger partial charge in [-0.3, -0.25) is 9.59 Å². The van der Waals surface area contributed by atoms with Crippen molar-refractivity contribution in [2.24, 2.45) is 0 Å². The largest absolute Gasteiger partial charge is 0.491 e. The number of hydrogen-bond acceptors (Lipinski definition) is 3. The van der Waals surface area contributed by atoms with Crippen LogP contribution in [0.1, 0.15) is 57.4 Å². The number of rotatable bonds is 4. The Kier molecular flexibility index (Phi) is 4.51. The third kappa shape index (κ3) is 3.31. The molecule has 0 radical (unpaired) electrons. The maximum absolute atomic E-state index is 12.3. The maximum atomic E-state index is 12.3. The van der Waals surface area contributed by atoms with E-state index in [1.807, 2.05) is 31.2 Å². The second-order valence-corrected chi connectivity index (χ2v) is 6.38. The summed E-state index contributed by atoms with van der Waals surface area (Å²) in [5.41, 5.74) is 2.66. The van der Waals surface area contributed by atoms with E-state index in [2.05, 4.69) is 12.2 Å². The van der Waals surface area contributed by atoms with Crippen LogP contribution in [0.4, 0.5) is 0 Å². The zero-order chi connectivity index (χ0) is 16.4. The first-order valence-corrected chi connectivity index (χ1v) is 8.41. The van der Waals surface area contributed by atoms with Gasteiger partial charge >= 0.3 is 0 Å². The van der Waals surface area contributed by atoms with Crippen molar-refractivity contribution in [3.63, 3.8) is 0 Å². The van der Waals surface area contributed by atoms with Gasteiger partial charge in [-0.15, -0.1) is 0 Å². The fourth-order valence-corrected chi connectivity index (χ4v) is 3.28. The van der Waals surface area contributed by atoms with Gasteiger partial charge in [0.1, 0.15) is 5.75 Å². The number of benzene rings is 1. The normalized spacial score (nSPS) is 22.4.